The van der Waals surface area contributed by atoms with Crippen LogP contribution in [0.15, 0.2) is 71.2 Å². The number of ether oxygens (including phenoxy) is 2. The van der Waals surface area contributed by atoms with Gasteiger partial charge in [-0.1, -0.05) is 34.1 Å². The van der Waals surface area contributed by atoms with Crippen LogP contribution in [0, 0.1) is 0 Å². The molecule has 40 heavy (non-hydrogen) atoms. The molecule has 3 N–H and O–H groups in total. The smallest absolute Gasteiger partial charge is 0.323 e. The molecular formula is C30H34BrN5O4. The zero-order valence-corrected chi connectivity index (χ0v) is 24.1. The van der Waals surface area contributed by atoms with Gasteiger partial charge in [0, 0.05) is 60.9 Å². The third-order valence-electron chi connectivity index (χ3n) is 7.14. The zero-order chi connectivity index (χ0) is 27.9. The molecule has 2 fully saturated rings. The molecule has 1 unspecified atom stereocenters. The fourth-order valence-corrected chi connectivity index (χ4v) is 5.52. The number of urea groups is 1. The molecule has 3 amide bonds. The van der Waals surface area contributed by atoms with Crippen LogP contribution in [0.2, 0.25) is 0 Å². The third kappa shape index (κ3) is 6.86. The average molecular weight is 609 g/mol. The van der Waals surface area contributed by atoms with Gasteiger partial charge in [-0.3, -0.25) is 4.79 Å². The first-order valence-electron chi connectivity index (χ1n) is 13.5. The Bertz CT molecular complexity index is 1340. The van der Waals surface area contributed by atoms with Gasteiger partial charge in [-0.15, -0.1) is 0 Å². The molecule has 3 aromatic rings. The number of carbonyl (C=O) groups is 2. The summed E-state index contributed by atoms with van der Waals surface area (Å²) in [6.07, 6.45) is 1.98. The lowest BCUT2D eigenvalue weighted by Crippen LogP contribution is -2.47. The standard InChI is InChI=1S/C30H34BrN5O4/c1-39-28-10-3-2-9-27(28)36-15-13-35(14-16-36)26-12-11-23(34-30(38)33-22-7-4-6-21(31)18-22)19-25(26)29(37)32-20-24-8-5-17-40-24/h2-4,6-7,9-12,18-19,24H,5,8,13-17,20H2,1H3,(H,32,37)(H2,33,34,38). The minimum absolute atomic E-state index is 0.0362. The lowest BCUT2D eigenvalue weighted by Gasteiger charge is -2.38. The number of rotatable bonds is 8. The molecule has 0 aliphatic carbocycles. The Morgan fingerprint density at radius 3 is 2.35 bits per heavy atom. The summed E-state index contributed by atoms with van der Waals surface area (Å²) in [5, 5.41) is 8.74. The van der Waals surface area contributed by atoms with Crippen molar-refractivity contribution in [3.8, 4) is 5.75 Å². The number of methoxy groups -OCH3 is 1. The van der Waals surface area contributed by atoms with E-state index in [2.05, 4.69) is 47.7 Å². The Morgan fingerprint density at radius 2 is 1.65 bits per heavy atom. The number of hydrogen-bond acceptors (Lipinski definition) is 6. The van der Waals surface area contributed by atoms with Crippen LogP contribution in [0.3, 0.4) is 0 Å². The highest BCUT2D eigenvalue weighted by Gasteiger charge is 2.25. The molecule has 9 nitrogen and oxygen atoms in total. The summed E-state index contributed by atoms with van der Waals surface area (Å²) in [5.74, 6) is 0.662. The van der Waals surface area contributed by atoms with Crippen molar-refractivity contribution in [1.29, 1.82) is 0 Å². The van der Waals surface area contributed by atoms with E-state index in [1.54, 1.807) is 13.2 Å². The summed E-state index contributed by atoms with van der Waals surface area (Å²) in [5.41, 5.74) is 3.61. The SMILES string of the molecule is COc1ccccc1N1CCN(c2ccc(NC(=O)Nc3cccc(Br)c3)cc2C(=O)NCC2CCCO2)CC1. The predicted molar refractivity (Wildman–Crippen MR) is 162 cm³/mol. The molecule has 0 spiro atoms. The Hall–Kier alpha value is -3.76. The molecule has 0 saturated carbocycles. The Kier molecular flexibility index (Phi) is 9.08. The average Bonchev–Trinajstić information content (AvgIpc) is 3.50. The first kappa shape index (κ1) is 27.8. The number of anilines is 4. The van der Waals surface area contributed by atoms with Crippen LogP contribution in [-0.2, 0) is 4.74 Å². The van der Waals surface area contributed by atoms with E-state index in [1.165, 1.54) is 0 Å². The number of amides is 3. The van der Waals surface area contributed by atoms with Crippen LogP contribution in [0.25, 0.3) is 0 Å². The van der Waals surface area contributed by atoms with Crippen molar-refractivity contribution in [2.24, 2.45) is 0 Å². The van der Waals surface area contributed by atoms with Crippen LogP contribution >= 0.6 is 15.9 Å². The van der Waals surface area contributed by atoms with Crippen molar-refractivity contribution < 1.29 is 19.1 Å². The molecule has 2 aliphatic heterocycles. The lowest BCUT2D eigenvalue weighted by atomic mass is 10.1. The summed E-state index contributed by atoms with van der Waals surface area (Å²) in [6, 6.07) is 20.5. The normalized spacial score (nSPS) is 16.9. The molecule has 2 heterocycles. The van der Waals surface area contributed by atoms with Gasteiger partial charge in [-0.25, -0.2) is 4.79 Å². The van der Waals surface area contributed by atoms with Gasteiger partial charge < -0.3 is 35.2 Å². The van der Waals surface area contributed by atoms with Crippen molar-refractivity contribution in [2.45, 2.75) is 18.9 Å². The Balaban J connectivity index is 1.31. The van der Waals surface area contributed by atoms with E-state index in [0.29, 0.717) is 23.5 Å². The lowest BCUT2D eigenvalue weighted by molar-refractivity contribution is 0.0858. The van der Waals surface area contributed by atoms with Crippen molar-refractivity contribution in [2.75, 3.05) is 66.9 Å². The van der Waals surface area contributed by atoms with Crippen molar-refractivity contribution in [3.05, 3.63) is 76.8 Å². The third-order valence-corrected chi connectivity index (χ3v) is 7.64. The quantitative estimate of drug-likeness (QED) is 0.320. The maximum Gasteiger partial charge on any atom is 0.323 e. The summed E-state index contributed by atoms with van der Waals surface area (Å²) in [4.78, 5) is 30.7. The van der Waals surface area contributed by atoms with E-state index >= 15 is 0 Å². The van der Waals surface area contributed by atoms with Crippen LogP contribution in [0.1, 0.15) is 23.2 Å². The Labute approximate surface area is 243 Å². The molecule has 1 atom stereocenters. The van der Waals surface area contributed by atoms with E-state index in [9.17, 15) is 9.59 Å². The minimum atomic E-state index is -0.387. The van der Waals surface area contributed by atoms with Gasteiger partial charge in [0.1, 0.15) is 5.75 Å². The predicted octanol–water partition coefficient (Wildman–Crippen LogP) is 5.34. The topological polar surface area (TPSA) is 95.2 Å². The largest absolute Gasteiger partial charge is 0.495 e. The second-order valence-electron chi connectivity index (χ2n) is 9.81. The van der Waals surface area contributed by atoms with E-state index in [4.69, 9.17) is 9.47 Å². The number of benzene rings is 3. The van der Waals surface area contributed by atoms with Gasteiger partial charge in [0.2, 0.25) is 0 Å². The van der Waals surface area contributed by atoms with Crippen molar-refractivity contribution >= 4 is 50.6 Å². The highest BCUT2D eigenvalue weighted by Crippen LogP contribution is 2.31. The van der Waals surface area contributed by atoms with Gasteiger partial charge >= 0.3 is 6.03 Å². The van der Waals surface area contributed by atoms with Gasteiger partial charge in [-0.05, 0) is 61.4 Å². The maximum atomic E-state index is 13.4. The van der Waals surface area contributed by atoms with E-state index < -0.39 is 0 Å². The van der Waals surface area contributed by atoms with Gasteiger partial charge in [0.05, 0.1) is 24.5 Å². The van der Waals surface area contributed by atoms with Gasteiger partial charge in [0.15, 0.2) is 0 Å². The molecule has 0 aromatic heterocycles. The first-order chi connectivity index (χ1) is 19.5. The first-order valence-corrected chi connectivity index (χ1v) is 14.3. The minimum Gasteiger partial charge on any atom is -0.495 e. The van der Waals surface area contributed by atoms with Crippen LogP contribution in [0.5, 0.6) is 5.75 Å². The van der Waals surface area contributed by atoms with Crippen LogP contribution < -0.4 is 30.5 Å². The molecular weight excluding hydrogens is 574 g/mol. The second kappa shape index (κ2) is 13.1. The van der Waals surface area contributed by atoms with Crippen molar-refractivity contribution in [1.82, 2.24) is 5.32 Å². The number of nitrogens with zero attached hydrogens (tertiary/aromatic N) is 2. The summed E-state index contributed by atoms with van der Waals surface area (Å²) in [6.45, 7) is 4.23. The zero-order valence-electron chi connectivity index (χ0n) is 22.5. The number of nitrogens with one attached hydrogen (secondary N) is 3. The molecule has 210 valence electrons. The highest BCUT2D eigenvalue weighted by atomic mass is 79.9. The number of hydrogen-bond donors (Lipinski definition) is 3. The summed E-state index contributed by atoms with van der Waals surface area (Å²) >= 11 is 3.41. The van der Waals surface area contributed by atoms with E-state index in [1.807, 2.05) is 54.6 Å². The number of halogens is 1. The van der Waals surface area contributed by atoms with Gasteiger partial charge in [-0.2, -0.15) is 0 Å². The van der Waals surface area contributed by atoms with E-state index in [0.717, 1.165) is 67.2 Å². The second-order valence-corrected chi connectivity index (χ2v) is 10.7. The molecule has 3 aromatic carbocycles. The Morgan fingerprint density at radius 1 is 0.925 bits per heavy atom. The van der Waals surface area contributed by atoms with Crippen LogP contribution in [-0.4, -0.2) is 64.5 Å². The van der Waals surface area contributed by atoms with E-state index in [-0.39, 0.29) is 18.0 Å². The van der Waals surface area contributed by atoms with Gasteiger partial charge in [0.25, 0.3) is 5.91 Å². The molecule has 10 heteroatoms. The fourth-order valence-electron chi connectivity index (χ4n) is 5.12. The molecule has 5 rings (SSSR count). The monoisotopic (exact) mass is 607 g/mol. The summed E-state index contributed by atoms with van der Waals surface area (Å²) < 4.78 is 12.1. The number of para-hydroxylation sites is 2. The maximum absolute atomic E-state index is 13.4. The molecule has 2 aliphatic rings. The summed E-state index contributed by atoms with van der Waals surface area (Å²) in [7, 11) is 1.69. The molecule has 0 radical (unpaired) electrons. The van der Waals surface area contributed by atoms with Crippen LogP contribution in [0.4, 0.5) is 27.5 Å². The fraction of sp³-hybridized carbons (Fsp3) is 0.333. The highest BCUT2D eigenvalue weighted by molar-refractivity contribution is 9.10. The molecule has 2 saturated heterocycles. The number of piperazine rings is 1. The number of carbonyl (C=O) groups excluding carboxylic acids is 2. The van der Waals surface area contributed by atoms with Crippen molar-refractivity contribution in [3.63, 3.8) is 0 Å². The molecule has 0 bridgehead atoms.